The maximum Gasteiger partial charge on any atom is 0.271 e. The van der Waals surface area contributed by atoms with Crippen molar-refractivity contribution in [3.05, 3.63) is 24.3 Å². The van der Waals surface area contributed by atoms with Gasteiger partial charge in [-0.15, -0.1) is 0 Å². The van der Waals surface area contributed by atoms with Gasteiger partial charge >= 0.3 is 0 Å². The van der Waals surface area contributed by atoms with E-state index in [1.807, 2.05) is 0 Å². The number of amides is 1. The SMILES string of the molecule is CN1CCN(C)CC(NC(=O)c2cnccn2)C1. The first-order valence-corrected chi connectivity index (χ1v) is 6.09. The lowest BCUT2D eigenvalue weighted by molar-refractivity contribution is 0.0921. The van der Waals surface area contributed by atoms with Crippen LogP contribution >= 0.6 is 0 Å². The summed E-state index contributed by atoms with van der Waals surface area (Å²) < 4.78 is 0. The van der Waals surface area contributed by atoms with Gasteiger partial charge in [0.05, 0.1) is 12.2 Å². The summed E-state index contributed by atoms with van der Waals surface area (Å²) in [6.45, 7) is 3.76. The second-order valence-corrected chi connectivity index (χ2v) is 4.79. The minimum atomic E-state index is -0.156. The third kappa shape index (κ3) is 3.48. The molecular weight excluding hydrogens is 230 g/mol. The van der Waals surface area contributed by atoms with Crippen LogP contribution in [0.4, 0.5) is 0 Å². The molecule has 2 heterocycles. The normalized spacial score (nSPS) is 19.4. The van der Waals surface area contributed by atoms with Gasteiger partial charge in [-0.05, 0) is 14.1 Å². The average Bonchev–Trinajstić information content (AvgIpc) is 2.52. The Labute approximate surface area is 107 Å². The van der Waals surface area contributed by atoms with Crippen LogP contribution in [0.1, 0.15) is 10.5 Å². The van der Waals surface area contributed by atoms with Crippen LogP contribution in [-0.4, -0.2) is 72.0 Å². The lowest BCUT2D eigenvalue weighted by Crippen LogP contribution is -2.45. The Morgan fingerprint density at radius 2 is 1.94 bits per heavy atom. The lowest BCUT2D eigenvalue weighted by Gasteiger charge is -2.21. The van der Waals surface area contributed by atoms with E-state index in [-0.39, 0.29) is 11.9 Å². The molecule has 1 fully saturated rings. The van der Waals surface area contributed by atoms with Crippen molar-refractivity contribution in [1.82, 2.24) is 25.1 Å². The highest BCUT2D eigenvalue weighted by Gasteiger charge is 2.21. The van der Waals surface area contributed by atoms with Crippen LogP contribution < -0.4 is 5.32 Å². The quantitative estimate of drug-likeness (QED) is 0.762. The zero-order chi connectivity index (χ0) is 13.0. The minimum Gasteiger partial charge on any atom is -0.345 e. The molecule has 1 aromatic rings. The first-order valence-electron chi connectivity index (χ1n) is 6.09. The Hall–Kier alpha value is -1.53. The van der Waals surface area contributed by atoms with Crippen molar-refractivity contribution >= 4 is 5.91 Å². The molecule has 98 valence electrons. The first kappa shape index (κ1) is 12.9. The molecule has 0 bridgehead atoms. The molecular formula is C12H19N5O. The van der Waals surface area contributed by atoms with E-state index in [2.05, 4.69) is 39.2 Å². The second-order valence-electron chi connectivity index (χ2n) is 4.79. The third-order valence-electron chi connectivity index (χ3n) is 3.06. The van der Waals surface area contributed by atoms with E-state index in [0.29, 0.717) is 5.69 Å². The average molecular weight is 249 g/mol. The number of carbonyl (C=O) groups excluding carboxylic acids is 1. The standard InChI is InChI=1S/C12H19N5O/c1-16-5-6-17(2)9-10(8-16)15-12(18)11-7-13-3-4-14-11/h3-4,7,10H,5-6,8-9H2,1-2H3,(H,15,18). The molecule has 18 heavy (non-hydrogen) atoms. The summed E-state index contributed by atoms with van der Waals surface area (Å²) in [4.78, 5) is 24.3. The van der Waals surface area contributed by atoms with Gasteiger partial charge in [-0.2, -0.15) is 0 Å². The molecule has 1 saturated heterocycles. The molecule has 0 radical (unpaired) electrons. The molecule has 6 nitrogen and oxygen atoms in total. The van der Waals surface area contributed by atoms with E-state index in [9.17, 15) is 4.79 Å². The fourth-order valence-corrected chi connectivity index (χ4v) is 2.10. The van der Waals surface area contributed by atoms with E-state index >= 15 is 0 Å². The molecule has 0 saturated carbocycles. The van der Waals surface area contributed by atoms with Gasteiger partial charge in [-0.1, -0.05) is 0 Å². The Bertz CT molecular complexity index is 385. The largest absolute Gasteiger partial charge is 0.345 e. The highest BCUT2D eigenvalue weighted by molar-refractivity contribution is 5.92. The molecule has 0 aromatic carbocycles. The van der Waals surface area contributed by atoms with Crippen LogP contribution in [0.15, 0.2) is 18.6 Å². The van der Waals surface area contributed by atoms with Crippen molar-refractivity contribution in [3.8, 4) is 0 Å². The van der Waals surface area contributed by atoms with Crippen molar-refractivity contribution in [2.24, 2.45) is 0 Å². The van der Waals surface area contributed by atoms with Gasteiger partial charge < -0.3 is 15.1 Å². The highest BCUT2D eigenvalue weighted by Crippen LogP contribution is 2.01. The number of rotatable bonds is 2. The number of hydrogen-bond acceptors (Lipinski definition) is 5. The molecule has 1 N–H and O–H groups in total. The van der Waals surface area contributed by atoms with Crippen LogP contribution in [0, 0.1) is 0 Å². The van der Waals surface area contributed by atoms with E-state index in [1.54, 1.807) is 6.20 Å². The molecule has 2 rings (SSSR count). The van der Waals surface area contributed by atoms with Crippen molar-refractivity contribution in [2.75, 3.05) is 40.3 Å². The second kappa shape index (κ2) is 5.88. The molecule has 1 aliphatic heterocycles. The van der Waals surface area contributed by atoms with Gasteiger partial charge in [0.25, 0.3) is 5.91 Å². The molecule has 0 spiro atoms. The van der Waals surface area contributed by atoms with Gasteiger partial charge in [0.15, 0.2) is 0 Å². The summed E-state index contributed by atoms with van der Waals surface area (Å²) in [5.41, 5.74) is 0.368. The van der Waals surface area contributed by atoms with Gasteiger partial charge in [-0.3, -0.25) is 9.78 Å². The Balaban J connectivity index is 1.97. The summed E-state index contributed by atoms with van der Waals surface area (Å²) in [5.74, 6) is -0.156. The summed E-state index contributed by atoms with van der Waals surface area (Å²) in [6.07, 6.45) is 4.57. The van der Waals surface area contributed by atoms with E-state index in [4.69, 9.17) is 0 Å². The fourth-order valence-electron chi connectivity index (χ4n) is 2.10. The third-order valence-corrected chi connectivity index (χ3v) is 3.06. The van der Waals surface area contributed by atoms with Crippen LogP contribution in [0.2, 0.25) is 0 Å². The van der Waals surface area contributed by atoms with Crippen molar-refractivity contribution in [3.63, 3.8) is 0 Å². The summed E-state index contributed by atoms with van der Waals surface area (Å²) in [6, 6.07) is 0.122. The minimum absolute atomic E-state index is 0.122. The molecule has 1 amide bonds. The molecule has 0 aliphatic carbocycles. The molecule has 1 aliphatic rings. The van der Waals surface area contributed by atoms with Gasteiger partial charge in [0.2, 0.25) is 0 Å². The van der Waals surface area contributed by atoms with Crippen LogP contribution in [0.5, 0.6) is 0 Å². The Morgan fingerprint density at radius 3 is 2.50 bits per heavy atom. The Morgan fingerprint density at radius 1 is 1.28 bits per heavy atom. The molecule has 0 atom stereocenters. The number of aromatic nitrogens is 2. The molecule has 6 heteroatoms. The van der Waals surface area contributed by atoms with Crippen molar-refractivity contribution in [1.29, 1.82) is 0 Å². The van der Waals surface area contributed by atoms with Gasteiger partial charge in [0, 0.05) is 38.6 Å². The van der Waals surface area contributed by atoms with E-state index in [1.165, 1.54) is 12.4 Å². The number of hydrogen-bond donors (Lipinski definition) is 1. The van der Waals surface area contributed by atoms with E-state index < -0.39 is 0 Å². The van der Waals surface area contributed by atoms with Gasteiger partial charge in [0.1, 0.15) is 5.69 Å². The number of nitrogens with zero attached hydrogens (tertiary/aromatic N) is 4. The topological polar surface area (TPSA) is 61.4 Å². The predicted molar refractivity (Wildman–Crippen MR) is 68.3 cm³/mol. The lowest BCUT2D eigenvalue weighted by atomic mass is 10.2. The number of carbonyl (C=O) groups is 1. The maximum atomic E-state index is 12.0. The Kier molecular flexibility index (Phi) is 4.22. The summed E-state index contributed by atoms with van der Waals surface area (Å²) in [7, 11) is 4.14. The van der Waals surface area contributed by atoms with Gasteiger partial charge in [-0.25, -0.2) is 4.98 Å². The number of likely N-dealkylation sites (N-methyl/N-ethyl adjacent to an activating group) is 2. The monoisotopic (exact) mass is 249 g/mol. The predicted octanol–water partition coefficient (Wildman–Crippen LogP) is -0.548. The molecule has 1 aromatic heterocycles. The first-order chi connectivity index (χ1) is 8.65. The number of nitrogens with one attached hydrogen (secondary N) is 1. The fraction of sp³-hybridized carbons (Fsp3) is 0.583. The van der Waals surface area contributed by atoms with Crippen LogP contribution in [0.25, 0.3) is 0 Å². The zero-order valence-electron chi connectivity index (χ0n) is 10.8. The summed E-state index contributed by atoms with van der Waals surface area (Å²) in [5, 5.41) is 3.01. The summed E-state index contributed by atoms with van der Waals surface area (Å²) >= 11 is 0. The van der Waals surface area contributed by atoms with Crippen molar-refractivity contribution in [2.45, 2.75) is 6.04 Å². The van der Waals surface area contributed by atoms with E-state index in [0.717, 1.165) is 26.2 Å². The smallest absolute Gasteiger partial charge is 0.271 e. The zero-order valence-corrected chi connectivity index (χ0v) is 10.8. The molecule has 0 unspecified atom stereocenters. The van der Waals surface area contributed by atoms with Crippen LogP contribution in [-0.2, 0) is 0 Å². The van der Waals surface area contributed by atoms with Crippen LogP contribution in [0.3, 0.4) is 0 Å². The highest BCUT2D eigenvalue weighted by atomic mass is 16.2. The maximum absolute atomic E-state index is 12.0. The van der Waals surface area contributed by atoms with Crippen molar-refractivity contribution < 1.29 is 4.79 Å².